The van der Waals surface area contributed by atoms with Crippen LogP contribution in [0.3, 0.4) is 0 Å². The molecule has 3 nitrogen and oxygen atoms in total. The molecule has 1 rings (SSSR count). The molecule has 1 amide bonds. The SMILES string of the molecule is CC1CCCN(C(=O)OC(C)CBr)C1. The maximum Gasteiger partial charge on any atom is 0.410 e. The molecule has 82 valence electrons. The molecule has 0 aliphatic carbocycles. The van der Waals surface area contributed by atoms with Crippen LogP contribution in [0.25, 0.3) is 0 Å². The van der Waals surface area contributed by atoms with Gasteiger partial charge in [-0.3, -0.25) is 0 Å². The molecule has 1 aliphatic heterocycles. The molecule has 14 heavy (non-hydrogen) atoms. The lowest BCUT2D eigenvalue weighted by Crippen LogP contribution is -2.40. The number of hydrogen-bond acceptors (Lipinski definition) is 2. The number of nitrogens with zero attached hydrogens (tertiary/aromatic N) is 1. The molecule has 0 aromatic carbocycles. The largest absolute Gasteiger partial charge is 0.446 e. The van der Waals surface area contributed by atoms with Crippen LogP contribution >= 0.6 is 15.9 Å². The Hall–Kier alpha value is -0.250. The van der Waals surface area contributed by atoms with Crippen molar-refractivity contribution in [3.63, 3.8) is 0 Å². The van der Waals surface area contributed by atoms with E-state index in [0.717, 1.165) is 19.5 Å². The fraction of sp³-hybridized carbons (Fsp3) is 0.900. The summed E-state index contributed by atoms with van der Waals surface area (Å²) in [6.07, 6.45) is 2.11. The standard InChI is InChI=1S/C10H18BrNO2/c1-8-4-3-5-12(7-8)10(13)14-9(2)6-11/h8-9H,3-7H2,1-2H3. The molecule has 1 heterocycles. The highest BCUT2D eigenvalue weighted by Crippen LogP contribution is 2.16. The van der Waals surface area contributed by atoms with Crippen molar-refractivity contribution in [1.29, 1.82) is 0 Å². The molecule has 0 radical (unpaired) electrons. The second kappa shape index (κ2) is 5.59. The minimum atomic E-state index is -0.163. The van der Waals surface area contributed by atoms with Crippen LogP contribution < -0.4 is 0 Å². The number of alkyl halides is 1. The predicted molar refractivity (Wildman–Crippen MR) is 59.7 cm³/mol. The van der Waals surface area contributed by atoms with E-state index in [4.69, 9.17) is 4.74 Å². The third-order valence-electron chi connectivity index (χ3n) is 2.43. The summed E-state index contributed by atoms with van der Waals surface area (Å²) in [7, 11) is 0. The second-order valence-electron chi connectivity index (χ2n) is 4.04. The Balaban J connectivity index is 2.36. The van der Waals surface area contributed by atoms with Crippen LogP contribution in [0.2, 0.25) is 0 Å². The van der Waals surface area contributed by atoms with Gasteiger partial charge in [0.25, 0.3) is 0 Å². The predicted octanol–water partition coefficient (Wildman–Crippen LogP) is 2.64. The summed E-state index contributed by atoms with van der Waals surface area (Å²) in [4.78, 5) is 13.4. The van der Waals surface area contributed by atoms with E-state index in [1.165, 1.54) is 6.42 Å². The third kappa shape index (κ3) is 3.48. The van der Waals surface area contributed by atoms with E-state index < -0.39 is 0 Å². The Bertz CT molecular complexity index is 199. The van der Waals surface area contributed by atoms with Crippen molar-refractivity contribution in [3.05, 3.63) is 0 Å². The van der Waals surface area contributed by atoms with E-state index in [1.54, 1.807) is 0 Å². The van der Waals surface area contributed by atoms with E-state index in [2.05, 4.69) is 22.9 Å². The molecule has 0 aromatic heterocycles. The molecule has 0 N–H and O–H groups in total. The second-order valence-corrected chi connectivity index (χ2v) is 4.69. The zero-order valence-electron chi connectivity index (χ0n) is 8.83. The van der Waals surface area contributed by atoms with Crippen LogP contribution in [0.1, 0.15) is 26.7 Å². The van der Waals surface area contributed by atoms with Gasteiger partial charge in [0.2, 0.25) is 0 Å². The van der Waals surface area contributed by atoms with E-state index in [9.17, 15) is 4.79 Å². The number of hydrogen-bond donors (Lipinski definition) is 0. The van der Waals surface area contributed by atoms with Crippen molar-refractivity contribution < 1.29 is 9.53 Å². The van der Waals surface area contributed by atoms with Gasteiger partial charge in [-0.2, -0.15) is 0 Å². The summed E-state index contributed by atoms with van der Waals surface area (Å²) < 4.78 is 5.23. The Morgan fingerprint density at radius 2 is 2.43 bits per heavy atom. The van der Waals surface area contributed by atoms with Crippen molar-refractivity contribution in [3.8, 4) is 0 Å². The molecule has 4 heteroatoms. The lowest BCUT2D eigenvalue weighted by atomic mass is 10.0. The number of halogens is 1. The van der Waals surface area contributed by atoms with Gasteiger partial charge in [0.05, 0.1) is 0 Å². The van der Waals surface area contributed by atoms with Gasteiger partial charge in [0.1, 0.15) is 6.10 Å². The molecule has 0 bridgehead atoms. The molecule has 2 atom stereocenters. The zero-order chi connectivity index (χ0) is 10.6. The number of piperidine rings is 1. The van der Waals surface area contributed by atoms with E-state index in [1.807, 2.05) is 11.8 Å². The number of ether oxygens (including phenoxy) is 1. The highest BCUT2D eigenvalue weighted by Gasteiger charge is 2.22. The van der Waals surface area contributed by atoms with Crippen molar-refractivity contribution in [1.82, 2.24) is 4.90 Å². The van der Waals surface area contributed by atoms with Gasteiger partial charge in [0, 0.05) is 18.4 Å². The van der Waals surface area contributed by atoms with Crippen LogP contribution in [0.4, 0.5) is 4.79 Å². The summed E-state index contributed by atoms with van der Waals surface area (Å²) in [5.74, 6) is 0.607. The third-order valence-corrected chi connectivity index (χ3v) is 3.35. The topological polar surface area (TPSA) is 29.5 Å². The maximum absolute atomic E-state index is 11.6. The summed E-state index contributed by atoms with van der Waals surface area (Å²) in [5, 5.41) is 0.697. The number of carbonyl (C=O) groups excluding carboxylic acids is 1. The van der Waals surface area contributed by atoms with Crippen molar-refractivity contribution in [2.24, 2.45) is 5.92 Å². The Morgan fingerprint density at radius 3 is 3.00 bits per heavy atom. The van der Waals surface area contributed by atoms with Gasteiger partial charge < -0.3 is 9.64 Å². The van der Waals surface area contributed by atoms with Crippen LogP contribution in [-0.2, 0) is 4.74 Å². The fourth-order valence-corrected chi connectivity index (χ4v) is 1.77. The van der Waals surface area contributed by atoms with Crippen molar-refractivity contribution in [2.75, 3.05) is 18.4 Å². The summed E-state index contributed by atoms with van der Waals surface area (Å²) in [6, 6.07) is 0. The van der Waals surface area contributed by atoms with Crippen LogP contribution in [0.15, 0.2) is 0 Å². The minimum absolute atomic E-state index is 0.0419. The molecule has 0 saturated carbocycles. The van der Waals surface area contributed by atoms with Gasteiger partial charge in [-0.1, -0.05) is 22.9 Å². The molecule has 1 fully saturated rings. The highest BCUT2D eigenvalue weighted by atomic mass is 79.9. The highest BCUT2D eigenvalue weighted by molar-refractivity contribution is 9.09. The number of likely N-dealkylation sites (tertiary alicyclic amines) is 1. The Morgan fingerprint density at radius 1 is 1.71 bits per heavy atom. The first-order chi connectivity index (χ1) is 6.63. The van der Waals surface area contributed by atoms with Crippen LogP contribution in [0.5, 0.6) is 0 Å². The van der Waals surface area contributed by atoms with Crippen LogP contribution in [0, 0.1) is 5.92 Å². The van der Waals surface area contributed by atoms with E-state index in [0.29, 0.717) is 11.2 Å². The van der Waals surface area contributed by atoms with E-state index >= 15 is 0 Å². The lowest BCUT2D eigenvalue weighted by Gasteiger charge is -2.30. The summed E-state index contributed by atoms with van der Waals surface area (Å²) >= 11 is 3.28. The van der Waals surface area contributed by atoms with Crippen molar-refractivity contribution >= 4 is 22.0 Å². The quantitative estimate of drug-likeness (QED) is 0.717. The van der Waals surface area contributed by atoms with Crippen LogP contribution in [-0.4, -0.2) is 35.5 Å². The Labute approximate surface area is 93.9 Å². The first-order valence-electron chi connectivity index (χ1n) is 5.15. The summed E-state index contributed by atoms with van der Waals surface area (Å²) in [6.45, 7) is 5.75. The zero-order valence-corrected chi connectivity index (χ0v) is 10.4. The molecular weight excluding hydrogens is 246 g/mol. The van der Waals surface area contributed by atoms with Gasteiger partial charge >= 0.3 is 6.09 Å². The number of amides is 1. The first-order valence-corrected chi connectivity index (χ1v) is 6.27. The maximum atomic E-state index is 11.6. The summed E-state index contributed by atoms with van der Waals surface area (Å²) in [5.41, 5.74) is 0. The van der Waals surface area contributed by atoms with Gasteiger partial charge in [-0.15, -0.1) is 0 Å². The first kappa shape index (κ1) is 11.8. The lowest BCUT2D eigenvalue weighted by molar-refractivity contribution is 0.0659. The monoisotopic (exact) mass is 263 g/mol. The van der Waals surface area contributed by atoms with Gasteiger partial charge in [0.15, 0.2) is 0 Å². The molecule has 0 aromatic rings. The average molecular weight is 264 g/mol. The Kier molecular flexibility index (Phi) is 4.72. The van der Waals surface area contributed by atoms with Crippen molar-refractivity contribution in [2.45, 2.75) is 32.8 Å². The smallest absolute Gasteiger partial charge is 0.410 e. The molecular formula is C10H18BrNO2. The minimum Gasteiger partial charge on any atom is -0.446 e. The molecule has 2 unspecified atom stereocenters. The molecule has 1 aliphatic rings. The van der Waals surface area contributed by atoms with Gasteiger partial charge in [-0.05, 0) is 25.7 Å². The normalized spacial score (nSPS) is 24.5. The number of rotatable bonds is 2. The number of carbonyl (C=O) groups is 1. The van der Waals surface area contributed by atoms with E-state index in [-0.39, 0.29) is 12.2 Å². The van der Waals surface area contributed by atoms with Gasteiger partial charge in [-0.25, -0.2) is 4.79 Å². The molecule has 1 saturated heterocycles. The average Bonchev–Trinajstić information content (AvgIpc) is 2.17. The molecule has 0 spiro atoms. The fourth-order valence-electron chi connectivity index (χ4n) is 1.63.